The molecule has 0 atom stereocenters. The van der Waals surface area contributed by atoms with Crippen LogP contribution in [-0.4, -0.2) is 5.11 Å². The van der Waals surface area contributed by atoms with Crippen LogP contribution in [-0.2, 0) is 0 Å². The van der Waals surface area contributed by atoms with Crippen molar-refractivity contribution in [1.29, 1.82) is 0 Å². The molecule has 0 fully saturated rings. The summed E-state index contributed by atoms with van der Waals surface area (Å²) < 4.78 is 0. The molecule has 0 bridgehead atoms. The second-order valence-corrected chi connectivity index (χ2v) is 10.5. The van der Waals surface area contributed by atoms with Gasteiger partial charge in [0.1, 0.15) is 5.75 Å². The maximum Gasteiger partial charge on any atom is 0.123 e. The Morgan fingerprint density at radius 1 is 0.386 bits per heavy atom. The topological polar surface area (TPSA) is 72.3 Å². The zero-order valence-corrected chi connectivity index (χ0v) is 24.8. The van der Waals surface area contributed by atoms with Gasteiger partial charge in [0.05, 0.1) is 0 Å². The van der Waals surface area contributed by atoms with E-state index in [2.05, 4.69) is 73.7 Å². The molecule has 3 nitrogen and oxygen atoms in total. The summed E-state index contributed by atoms with van der Waals surface area (Å²) in [6.07, 6.45) is 0. The predicted octanol–water partition coefficient (Wildman–Crippen LogP) is 10.5. The number of benzene rings is 8. The van der Waals surface area contributed by atoms with Gasteiger partial charge in [-0.2, -0.15) is 0 Å². The lowest BCUT2D eigenvalue weighted by molar-refractivity contribution is 0.481. The van der Waals surface area contributed by atoms with Crippen molar-refractivity contribution < 1.29 is 5.11 Å². The smallest absolute Gasteiger partial charge is 0.123 e. The van der Waals surface area contributed by atoms with Crippen molar-refractivity contribution in [2.75, 3.05) is 11.5 Å². The van der Waals surface area contributed by atoms with Crippen LogP contribution in [0.4, 0.5) is 11.4 Å². The number of rotatable bonds is 0. The van der Waals surface area contributed by atoms with Gasteiger partial charge in [0.25, 0.3) is 0 Å². The van der Waals surface area contributed by atoms with Crippen LogP contribution in [0.15, 0.2) is 170 Å². The van der Waals surface area contributed by atoms with Crippen LogP contribution in [0.3, 0.4) is 0 Å². The SMILES string of the molecule is Cc1ccc2ccccc2c1.Nc1ccc2ccccc2c1.Nc1cccc2ccccc12.Oc1cccc2ccccc12. The van der Waals surface area contributed by atoms with Gasteiger partial charge in [0.15, 0.2) is 0 Å². The monoisotopic (exact) mass is 572 g/mol. The quantitative estimate of drug-likeness (QED) is 0.158. The van der Waals surface area contributed by atoms with E-state index in [1.54, 1.807) is 6.07 Å². The number of phenolic OH excluding ortho intramolecular Hbond substituents is 1. The minimum atomic E-state index is 0.350. The van der Waals surface area contributed by atoms with Gasteiger partial charge in [-0.15, -0.1) is 0 Å². The molecule has 216 valence electrons. The van der Waals surface area contributed by atoms with Crippen molar-refractivity contribution in [3.63, 3.8) is 0 Å². The predicted molar refractivity (Wildman–Crippen MR) is 191 cm³/mol. The number of hydrogen-bond acceptors (Lipinski definition) is 3. The first-order chi connectivity index (χ1) is 21.5. The Bertz CT molecular complexity index is 1960. The Morgan fingerprint density at radius 3 is 1.45 bits per heavy atom. The molecule has 0 heterocycles. The second kappa shape index (κ2) is 14.4. The largest absolute Gasteiger partial charge is 0.507 e. The zero-order chi connectivity index (χ0) is 30.7. The van der Waals surface area contributed by atoms with Gasteiger partial charge in [-0.05, 0) is 63.5 Å². The van der Waals surface area contributed by atoms with Crippen LogP contribution >= 0.6 is 0 Å². The van der Waals surface area contributed by atoms with E-state index < -0.39 is 0 Å². The van der Waals surface area contributed by atoms with Crippen molar-refractivity contribution in [2.24, 2.45) is 0 Å². The highest BCUT2D eigenvalue weighted by atomic mass is 16.3. The molecule has 3 heteroatoms. The molecule has 5 N–H and O–H groups in total. The first kappa shape index (κ1) is 29.7. The molecule has 8 aromatic carbocycles. The van der Waals surface area contributed by atoms with Gasteiger partial charge in [0.2, 0.25) is 0 Å². The molecule has 0 radical (unpaired) electrons. The number of aryl methyl sites for hydroxylation is 1. The lowest BCUT2D eigenvalue weighted by Crippen LogP contribution is -1.84. The maximum absolute atomic E-state index is 9.37. The average molecular weight is 573 g/mol. The molecule has 44 heavy (non-hydrogen) atoms. The number of fused-ring (bicyclic) bond motifs is 4. The fourth-order valence-electron chi connectivity index (χ4n) is 4.98. The van der Waals surface area contributed by atoms with Crippen molar-refractivity contribution in [1.82, 2.24) is 0 Å². The van der Waals surface area contributed by atoms with E-state index in [0.29, 0.717) is 5.75 Å². The van der Waals surface area contributed by atoms with E-state index in [1.807, 2.05) is 97.1 Å². The third kappa shape index (κ3) is 7.72. The summed E-state index contributed by atoms with van der Waals surface area (Å²) in [5, 5.41) is 18.8. The Labute approximate surface area is 258 Å². The number of nitrogen functional groups attached to an aromatic ring is 2. The minimum Gasteiger partial charge on any atom is -0.507 e. The lowest BCUT2D eigenvalue weighted by Gasteiger charge is -1.98. The molecule has 0 unspecified atom stereocenters. The molecule has 0 amide bonds. The van der Waals surface area contributed by atoms with Gasteiger partial charge < -0.3 is 16.6 Å². The summed E-state index contributed by atoms with van der Waals surface area (Å²) in [6, 6.07) is 56.4. The van der Waals surface area contributed by atoms with Crippen LogP contribution in [0, 0.1) is 6.92 Å². The Hall–Kier alpha value is -5.80. The molecule has 0 saturated carbocycles. The first-order valence-electron chi connectivity index (χ1n) is 14.6. The van der Waals surface area contributed by atoms with Gasteiger partial charge >= 0.3 is 0 Å². The molecule has 8 rings (SSSR count). The number of phenols is 1. The molecular formula is C41H36N2O. The minimum absolute atomic E-state index is 0.350. The van der Waals surface area contributed by atoms with E-state index in [9.17, 15) is 5.11 Å². The van der Waals surface area contributed by atoms with Crippen molar-refractivity contribution >= 4 is 54.5 Å². The summed E-state index contributed by atoms with van der Waals surface area (Å²) in [5.74, 6) is 0.350. The van der Waals surface area contributed by atoms with Gasteiger partial charge in [-0.25, -0.2) is 0 Å². The summed E-state index contributed by atoms with van der Waals surface area (Å²) in [7, 11) is 0. The van der Waals surface area contributed by atoms with E-state index in [0.717, 1.165) is 27.5 Å². The number of nitrogens with two attached hydrogens (primary N) is 2. The zero-order valence-electron chi connectivity index (χ0n) is 24.8. The van der Waals surface area contributed by atoms with Crippen LogP contribution < -0.4 is 11.5 Å². The molecule has 0 aliphatic rings. The summed E-state index contributed by atoms with van der Waals surface area (Å²) >= 11 is 0. The number of aromatic hydroxyl groups is 1. The van der Waals surface area contributed by atoms with E-state index in [4.69, 9.17) is 11.5 Å². The second-order valence-electron chi connectivity index (χ2n) is 10.5. The van der Waals surface area contributed by atoms with E-state index >= 15 is 0 Å². The van der Waals surface area contributed by atoms with Crippen LogP contribution in [0.2, 0.25) is 0 Å². The lowest BCUT2D eigenvalue weighted by atomic mass is 10.1. The van der Waals surface area contributed by atoms with Gasteiger partial charge in [0, 0.05) is 22.1 Å². The highest BCUT2D eigenvalue weighted by molar-refractivity contribution is 5.92. The average Bonchev–Trinajstić information content (AvgIpc) is 3.06. The molecular weight excluding hydrogens is 536 g/mol. The Balaban J connectivity index is 0.000000116. The first-order valence-corrected chi connectivity index (χ1v) is 14.6. The van der Waals surface area contributed by atoms with E-state index in [1.165, 1.54) is 32.5 Å². The number of hydrogen-bond donors (Lipinski definition) is 3. The number of anilines is 2. The molecule has 0 aliphatic carbocycles. The van der Waals surface area contributed by atoms with Crippen LogP contribution in [0.1, 0.15) is 5.56 Å². The molecule has 0 spiro atoms. The van der Waals surface area contributed by atoms with Crippen LogP contribution in [0.5, 0.6) is 5.75 Å². The van der Waals surface area contributed by atoms with Gasteiger partial charge in [-0.3, -0.25) is 0 Å². The normalized spacial score (nSPS) is 10.2. The third-order valence-electron chi connectivity index (χ3n) is 7.27. The summed E-state index contributed by atoms with van der Waals surface area (Å²) in [4.78, 5) is 0. The molecule has 0 saturated heterocycles. The molecule has 0 aromatic heterocycles. The Kier molecular flexibility index (Phi) is 9.71. The Morgan fingerprint density at radius 2 is 0.841 bits per heavy atom. The van der Waals surface area contributed by atoms with Crippen molar-refractivity contribution in [2.45, 2.75) is 6.92 Å². The van der Waals surface area contributed by atoms with Crippen LogP contribution in [0.25, 0.3) is 43.1 Å². The molecule has 8 aromatic rings. The highest BCUT2D eigenvalue weighted by Gasteiger charge is 1.95. The fraction of sp³-hybridized carbons (Fsp3) is 0.0244. The van der Waals surface area contributed by atoms with E-state index in [-0.39, 0.29) is 0 Å². The van der Waals surface area contributed by atoms with Crippen molar-refractivity contribution in [3.05, 3.63) is 175 Å². The standard InChI is InChI=1S/C11H10.2C10H9N.C10H8O/c1-9-6-7-10-4-2-3-5-11(10)8-9;11-10-7-3-5-8-4-1-2-6-9(8)10;11-10-6-5-8-3-1-2-4-9(8)7-10;11-10-7-3-5-8-4-1-2-6-9(8)10/h2-8H,1H3;2*1-7H,11H2;1-7,11H. The highest BCUT2D eigenvalue weighted by Crippen LogP contribution is 2.23. The summed E-state index contributed by atoms with van der Waals surface area (Å²) in [6.45, 7) is 2.12. The third-order valence-corrected chi connectivity index (χ3v) is 7.27. The van der Waals surface area contributed by atoms with Gasteiger partial charge in [-0.1, -0.05) is 151 Å². The fourth-order valence-corrected chi connectivity index (χ4v) is 4.98. The molecule has 0 aliphatic heterocycles. The maximum atomic E-state index is 9.37. The summed E-state index contributed by atoms with van der Waals surface area (Å²) in [5.41, 5.74) is 14.4. The van der Waals surface area contributed by atoms with Crippen molar-refractivity contribution in [3.8, 4) is 5.75 Å².